The van der Waals surface area contributed by atoms with Crippen LogP contribution in [0, 0.1) is 0 Å². The summed E-state index contributed by atoms with van der Waals surface area (Å²) in [4.78, 5) is 10.4. The summed E-state index contributed by atoms with van der Waals surface area (Å²) in [5, 5.41) is 8.57. The van der Waals surface area contributed by atoms with Crippen molar-refractivity contribution in [2.75, 3.05) is 0 Å². The molecule has 0 aliphatic carbocycles. The number of carboxylic acids is 1. The van der Waals surface area contributed by atoms with E-state index in [2.05, 4.69) is 6.58 Å². The van der Waals surface area contributed by atoms with Gasteiger partial charge in [0, 0.05) is 0 Å². The number of rotatable bonds is 2. The van der Waals surface area contributed by atoms with Crippen molar-refractivity contribution in [3.05, 3.63) is 78.4 Å². The molecule has 0 atom stereocenters. The molecule has 2 aromatic carbocycles. The predicted octanol–water partition coefficient (Wildman–Crippen LogP) is 3.71. The Labute approximate surface area is 101 Å². The van der Waals surface area contributed by atoms with E-state index in [4.69, 9.17) is 5.11 Å². The Kier molecular flexibility index (Phi) is 5.25. The SMILES string of the molecule is C=Cc1cccc(C(=O)O)c1.c1ccccc1. The molecular formula is C15H14O2. The second kappa shape index (κ2) is 7.01. The van der Waals surface area contributed by atoms with Gasteiger partial charge in [0.1, 0.15) is 0 Å². The van der Waals surface area contributed by atoms with E-state index in [9.17, 15) is 4.79 Å². The van der Waals surface area contributed by atoms with E-state index in [0.29, 0.717) is 5.56 Å². The highest BCUT2D eigenvalue weighted by molar-refractivity contribution is 5.88. The molecule has 0 aromatic heterocycles. The van der Waals surface area contributed by atoms with E-state index >= 15 is 0 Å². The largest absolute Gasteiger partial charge is 0.478 e. The fourth-order valence-electron chi connectivity index (χ4n) is 1.18. The van der Waals surface area contributed by atoms with Crippen molar-refractivity contribution in [2.45, 2.75) is 0 Å². The maximum atomic E-state index is 10.4. The number of hydrogen-bond acceptors (Lipinski definition) is 1. The Balaban J connectivity index is 0.000000202. The van der Waals surface area contributed by atoms with Crippen molar-refractivity contribution in [1.82, 2.24) is 0 Å². The minimum absolute atomic E-state index is 0.294. The number of benzene rings is 2. The molecule has 0 radical (unpaired) electrons. The van der Waals surface area contributed by atoms with Gasteiger partial charge in [0.25, 0.3) is 0 Å². The summed E-state index contributed by atoms with van der Waals surface area (Å²) >= 11 is 0. The summed E-state index contributed by atoms with van der Waals surface area (Å²) in [5.41, 5.74) is 1.12. The minimum Gasteiger partial charge on any atom is -0.478 e. The summed E-state index contributed by atoms with van der Waals surface area (Å²) in [6.45, 7) is 3.54. The van der Waals surface area contributed by atoms with Gasteiger partial charge in [-0.1, -0.05) is 61.2 Å². The van der Waals surface area contributed by atoms with Crippen LogP contribution in [-0.4, -0.2) is 11.1 Å². The third kappa shape index (κ3) is 4.80. The lowest BCUT2D eigenvalue weighted by Crippen LogP contribution is -1.95. The van der Waals surface area contributed by atoms with E-state index in [1.165, 1.54) is 0 Å². The lowest BCUT2D eigenvalue weighted by atomic mass is 10.1. The van der Waals surface area contributed by atoms with Crippen molar-refractivity contribution in [1.29, 1.82) is 0 Å². The summed E-state index contributed by atoms with van der Waals surface area (Å²) < 4.78 is 0. The molecule has 86 valence electrons. The smallest absolute Gasteiger partial charge is 0.335 e. The monoisotopic (exact) mass is 226 g/mol. The van der Waals surface area contributed by atoms with Crippen LogP contribution >= 0.6 is 0 Å². The summed E-state index contributed by atoms with van der Waals surface area (Å²) in [7, 11) is 0. The van der Waals surface area contributed by atoms with Gasteiger partial charge in [0.05, 0.1) is 5.56 Å². The molecule has 0 bridgehead atoms. The Morgan fingerprint density at radius 3 is 1.94 bits per heavy atom. The number of carboxylic acid groups (broad SMARTS) is 1. The van der Waals surface area contributed by atoms with Gasteiger partial charge in [-0.25, -0.2) is 4.79 Å². The van der Waals surface area contributed by atoms with Crippen molar-refractivity contribution in [2.24, 2.45) is 0 Å². The Morgan fingerprint density at radius 2 is 1.53 bits per heavy atom. The molecule has 0 aliphatic heterocycles. The molecule has 0 unspecified atom stereocenters. The van der Waals surface area contributed by atoms with Crippen LogP contribution in [0.3, 0.4) is 0 Å². The quantitative estimate of drug-likeness (QED) is 0.847. The van der Waals surface area contributed by atoms with E-state index < -0.39 is 5.97 Å². The molecule has 0 aliphatic rings. The minimum atomic E-state index is -0.909. The first kappa shape index (κ1) is 12.7. The van der Waals surface area contributed by atoms with E-state index in [1.807, 2.05) is 36.4 Å². The molecule has 0 fully saturated rings. The first-order valence-electron chi connectivity index (χ1n) is 5.20. The van der Waals surface area contributed by atoms with Gasteiger partial charge >= 0.3 is 5.97 Å². The van der Waals surface area contributed by atoms with Crippen LogP contribution in [0.2, 0.25) is 0 Å². The average molecular weight is 226 g/mol. The van der Waals surface area contributed by atoms with Crippen LogP contribution in [0.25, 0.3) is 6.08 Å². The lowest BCUT2D eigenvalue weighted by molar-refractivity contribution is 0.0697. The Morgan fingerprint density at radius 1 is 1.00 bits per heavy atom. The first-order chi connectivity index (χ1) is 8.24. The number of aromatic carboxylic acids is 1. The van der Waals surface area contributed by atoms with Gasteiger partial charge in [0.2, 0.25) is 0 Å². The zero-order valence-corrected chi connectivity index (χ0v) is 9.41. The maximum Gasteiger partial charge on any atom is 0.335 e. The van der Waals surface area contributed by atoms with Crippen LogP contribution in [0.4, 0.5) is 0 Å². The first-order valence-corrected chi connectivity index (χ1v) is 5.20. The molecule has 0 spiro atoms. The Hall–Kier alpha value is -2.35. The van der Waals surface area contributed by atoms with Crippen LogP contribution in [0.5, 0.6) is 0 Å². The molecular weight excluding hydrogens is 212 g/mol. The van der Waals surface area contributed by atoms with Crippen LogP contribution in [0.1, 0.15) is 15.9 Å². The molecule has 0 heterocycles. The summed E-state index contributed by atoms with van der Waals surface area (Å²) in [6.07, 6.45) is 1.62. The van der Waals surface area contributed by atoms with E-state index in [1.54, 1.807) is 30.3 Å². The second-order valence-corrected chi connectivity index (χ2v) is 3.29. The molecule has 0 saturated carbocycles. The van der Waals surface area contributed by atoms with E-state index in [-0.39, 0.29) is 0 Å². The number of carbonyl (C=O) groups is 1. The molecule has 2 nitrogen and oxygen atoms in total. The number of hydrogen-bond donors (Lipinski definition) is 1. The van der Waals surface area contributed by atoms with Gasteiger partial charge in [-0.3, -0.25) is 0 Å². The molecule has 0 saturated heterocycles. The lowest BCUT2D eigenvalue weighted by Gasteiger charge is -1.94. The average Bonchev–Trinajstić information content (AvgIpc) is 2.41. The topological polar surface area (TPSA) is 37.3 Å². The van der Waals surface area contributed by atoms with Crippen molar-refractivity contribution < 1.29 is 9.90 Å². The third-order valence-electron chi connectivity index (χ3n) is 2.04. The van der Waals surface area contributed by atoms with Crippen molar-refractivity contribution in [3.63, 3.8) is 0 Å². The fraction of sp³-hybridized carbons (Fsp3) is 0. The van der Waals surface area contributed by atoms with Gasteiger partial charge in [0.15, 0.2) is 0 Å². The molecule has 2 aromatic rings. The molecule has 0 amide bonds. The van der Waals surface area contributed by atoms with Crippen molar-refractivity contribution >= 4 is 12.0 Å². The molecule has 2 heteroatoms. The maximum absolute atomic E-state index is 10.4. The van der Waals surface area contributed by atoms with Gasteiger partial charge in [-0.05, 0) is 17.7 Å². The van der Waals surface area contributed by atoms with Gasteiger partial charge in [-0.15, -0.1) is 0 Å². The summed E-state index contributed by atoms with van der Waals surface area (Å²) in [5.74, 6) is -0.909. The van der Waals surface area contributed by atoms with Crippen molar-refractivity contribution in [3.8, 4) is 0 Å². The summed E-state index contributed by atoms with van der Waals surface area (Å²) in [6, 6.07) is 18.6. The molecule has 1 N–H and O–H groups in total. The highest BCUT2D eigenvalue weighted by Crippen LogP contribution is 2.05. The van der Waals surface area contributed by atoms with Gasteiger partial charge in [-0.2, -0.15) is 0 Å². The normalized spacial score (nSPS) is 8.71. The van der Waals surface area contributed by atoms with Gasteiger partial charge < -0.3 is 5.11 Å². The standard InChI is InChI=1S/C9H8O2.C6H6/c1-2-7-4-3-5-8(6-7)9(10)11;1-2-4-6-5-3-1/h2-6H,1H2,(H,10,11);1-6H. The van der Waals surface area contributed by atoms with Crippen LogP contribution in [0.15, 0.2) is 67.2 Å². The van der Waals surface area contributed by atoms with E-state index in [0.717, 1.165) is 5.56 Å². The highest BCUT2D eigenvalue weighted by Gasteiger charge is 2.00. The zero-order valence-electron chi connectivity index (χ0n) is 9.41. The molecule has 2 rings (SSSR count). The second-order valence-electron chi connectivity index (χ2n) is 3.29. The Bertz CT molecular complexity index is 449. The van der Waals surface area contributed by atoms with Crippen LogP contribution in [-0.2, 0) is 0 Å². The molecule has 17 heavy (non-hydrogen) atoms. The highest BCUT2D eigenvalue weighted by atomic mass is 16.4. The zero-order chi connectivity index (χ0) is 12.5. The third-order valence-corrected chi connectivity index (χ3v) is 2.04. The van der Waals surface area contributed by atoms with Crippen LogP contribution < -0.4 is 0 Å². The fourth-order valence-corrected chi connectivity index (χ4v) is 1.18. The predicted molar refractivity (Wildman–Crippen MR) is 69.9 cm³/mol.